The number of anilines is 1. The number of fused-ring (bicyclic) bond motifs is 1. The van der Waals surface area contributed by atoms with Crippen molar-refractivity contribution in [2.24, 2.45) is 0 Å². The van der Waals surface area contributed by atoms with Gasteiger partial charge in [0.05, 0.1) is 26.7 Å². The Labute approximate surface area is 212 Å². The number of benzene rings is 2. The monoisotopic (exact) mass is 505 g/mol. The Bertz CT molecular complexity index is 1330. The van der Waals surface area contributed by atoms with Gasteiger partial charge in [-0.3, -0.25) is 9.36 Å². The summed E-state index contributed by atoms with van der Waals surface area (Å²) in [6, 6.07) is 18.4. The van der Waals surface area contributed by atoms with E-state index in [9.17, 15) is 15.0 Å². The van der Waals surface area contributed by atoms with Gasteiger partial charge in [0.1, 0.15) is 35.6 Å². The molecule has 0 spiro atoms. The average molecular weight is 506 g/mol. The summed E-state index contributed by atoms with van der Waals surface area (Å²) in [5, 5.41) is 21.5. The first-order valence-corrected chi connectivity index (χ1v) is 11.7. The lowest BCUT2D eigenvalue weighted by Gasteiger charge is -2.32. The number of nitrogen functional groups attached to an aromatic ring is 1. The van der Waals surface area contributed by atoms with Crippen LogP contribution >= 0.6 is 0 Å². The van der Waals surface area contributed by atoms with Gasteiger partial charge in [-0.25, -0.2) is 15.0 Å². The van der Waals surface area contributed by atoms with Crippen molar-refractivity contribution in [2.45, 2.75) is 30.0 Å². The standard InChI is InChI=1S/C26H27N5O6/c1-35-25(34)26(16-8-4-2-5-9-16,17-10-6-3-7-11-17)13-36-12-18-20(32)21(33)24(37-18)31-15-30-19-22(27)28-14-29-23(19)31/h2-11,14-15,18,20-21,24,32-33H,12-13H2,1H3,(H2,27,28,29)/t18-,20-,21-,24-/m1/s1. The molecule has 37 heavy (non-hydrogen) atoms. The second-order valence-electron chi connectivity index (χ2n) is 8.77. The molecule has 192 valence electrons. The first-order chi connectivity index (χ1) is 18.0. The van der Waals surface area contributed by atoms with Crippen LogP contribution in [0.1, 0.15) is 17.4 Å². The Morgan fingerprint density at radius 1 is 1.03 bits per heavy atom. The second-order valence-corrected chi connectivity index (χ2v) is 8.77. The topological polar surface area (TPSA) is 155 Å². The molecule has 0 unspecified atom stereocenters. The zero-order chi connectivity index (χ0) is 26.0. The first-order valence-electron chi connectivity index (χ1n) is 11.7. The van der Waals surface area contributed by atoms with E-state index in [1.807, 2.05) is 60.7 Å². The molecule has 3 heterocycles. The summed E-state index contributed by atoms with van der Waals surface area (Å²) in [6.07, 6.45) is -1.70. The number of carbonyl (C=O) groups is 1. The average Bonchev–Trinajstić information content (AvgIpc) is 3.49. The summed E-state index contributed by atoms with van der Waals surface area (Å²) < 4.78 is 18.7. The van der Waals surface area contributed by atoms with Crippen LogP contribution in [-0.2, 0) is 24.4 Å². The summed E-state index contributed by atoms with van der Waals surface area (Å²) in [5.74, 6) is -0.296. The van der Waals surface area contributed by atoms with Crippen molar-refractivity contribution in [3.05, 3.63) is 84.4 Å². The fourth-order valence-electron chi connectivity index (χ4n) is 4.73. The van der Waals surface area contributed by atoms with E-state index in [0.29, 0.717) is 22.3 Å². The van der Waals surface area contributed by atoms with Crippen LogP contribution in [-0.4, -0.2) is 74.3 Å². The van der Waals surface area contributed by atoms with Gasteiger partial charge in [-0.05, 0) is 11.1 Å². The molecule has 1 fully saturated rings. The molecule has 4 aromatic rings. The largest absolute Gasteiger partial charge is 0.468 e. The Kier molecular flexibility index (Phi) is 6.85. The third kappa shape index (κ3) is 4.31. The summed E-state index contributed by atoms with van der Waals surface area (Å²) in [7, 11) is 1.33. The Balaban J connectivity index is 1.38. The molecule has 0 radical (unpaired) electrons. The van der Waals surface area contributed by atoms with Gasteiger partial charge in [-0.1, -0.05) is 60.7 Å². The van der Waals surface area contributed by atoms with E-state index in [1.165, 1.54) is 24.3 Å². The third-order valence-corrected chi connectivity index (χ3v) is 6.67. The molecular formula is C26H27N5O6. The maximum atomic E-state index is 13.3. The van der Waals surface area contributed by atoms with Gasteiger partial charge >= 0.3 is 5.97 Å². The molecular weight excluding hydrogens is 478 g/mol. The van der Waals surface area contributed by atoms with Crippen molar-refractivity contribution in [3.8, 4) is 0 Å². The van der Waals surface area contributed by atoms with Crippen LogP contribution in [0.4, 0.5) is 5.82 Å². The van der Waals surface area contributed by atoms with Crippen LogP contribution in [0.5, 0.6) is 0 Å². The lowest BCUT2D eigenvalue weighted by molar-refractivity contribution is -0.149. The highest BCUT2D eigenvalue weighted by Gasteiger charge is 2.47. The minimum Gasteiger partial charge on any atom is -0.468 e. The predicted octanol–water partition coefficient (Wildman–Crippen LogP) is 1.20. The van der Waals surface area contributed by atoms with Gasteiger partial charge in [-0.15, -0.1) is 0 Å². The van der Waals surface area contributed by atoms with Crippen LogP contribution < -0.4 is 5.73 Å². The quantitative estimate of drug-likeness (QED) is 0.298. The zero-order valence-electron chi connectivity index (χ0n) is 20.0. The van der Waals surface area contributed by atoms with E-state index in [-0.39, 0.29) is 19.0 Å². The third-order valence-electron chi connectivity index (χ3n) is 6.67. The van der Waals surface area contributed by atoms with Crippen molar-refractivity contribution < 1.29 is 29.2 Å². The van der Waals surface area contributed by atoms with Crippen molar-refractivity contribution in [1.82, 2.24) is 19.5 Å². The van der Waals surface area contributed by atoms with E-state index in [0.717, 1.165) is 0 Å². The van der Waals surface area contributed by atoms with Gasteiger partial charge in [0.25, 0.3) is 0 Å². The van der Waals surface area contributed by atoms with Gasteiger partial charge in [0.15, 0.2) is 17.7 Å². The summed E-state index contributed by atoms with van der Waals surface area (Å²) in [5.41, 5.74) is 6.72. The van der Waals surface area contributed by atoms with Gasteiger partial charge in [0.2, 0.25) is 0 Å². The molecule has 0 saturated carbocycles. The first kappa shape index (κ1) is 24.8. The molecule has 1 aliphatic heterocycles. The number of hydrogen-bond acceptors (Lipinski definition) is 10. The number of nitrogens with two attached hydrogens (primary N) is 1. The SMILES string of the molecule is COC(=O)C(COC[C@H]1O[C@@H](n2cnc3c(N)ncnc32)[C@H](O)[C@@H]1O)(c1ccccc1)c1ccccc1. The normalized spacial score (nSPS) is 21.8. The Hall–Kier alpha value is -3.90. The number of hydrogen-bond donors (Lipinski definition) is 3. The number of aliphatic hydroxyl groups excluding tert-OH is 2. The molecule has 11 nitrogen and oxygen atoms in total. The highest BCUT2D eigenvalue weighted by atomic mass is 16.6. The minimum absolute atomic E-state index is 0.0845. The van der Waals surface area contributed by atoms with E-state index < -0.39 is 35.9 Å². The zero-order valence-corrected chi connectivity index (χ0v) is 20.0. The predicted molar refractivity (Wildman–Crippen MR) is 132 cm³/mol. The molecule has 2 aromatic carbocycles. The van der Waals surface area contributed by atoms with Crippen LogP contribution in [0, 0.1) is 0 Å². The molecule has 1 saturated heterocycles. The molecule has 4 N–H and O–H groups in total. The fraction of sp³-hybridized carbons (Fsp3) is 0.308. The van der Waals surface area contributed by atoms with Crippen molar-refractivity contribution in [3.63, 3.8) is 0 Å². The number of carbonyl (C=O) groups excluding carboxylic acids is 1. The molecule has 2 aromatic heterocycles. The number of aromatic nitrogens is 4. The summed E-state index contributed by atoms with van der Waals surface area (Å²) >= 11 is 0. The molecule has 4 atom stereocenters. The van der Waals surface area contributed by atoms with E-state index in [1.54, 1.807) is 0 Å². The van der Waals surface area contributed by atoms with E-state index in [4.69, 9.17) is 19.9 Å². The minimum atomic E-state index is -1.28. The van der Waals surface area contributed by atoms with Gasteiger partial charge in [-0.2, -0.15) is 0 Å². The van der Waals surface area contributed by atoms with Crippen LogP contribution in [0.25, 0.3) is 11.2 Å². The van der Waals surface area contributed by atoms with Gasteiger partial charge in [0, 0.05) is 0 Å². The number of nitrogens with zero attached hydrogens (tertiary/aromatic N) is 4. The Morgan fingerprint density at radius 2 is 1.68 bits per heavy atom. The summed E-state index contributed by atoms with van der Waals surface area (Å²) in [4.78, 5) is 25.6. The van der Waals surface area contributed by atoms with Crippen molar-refractivity contribution >= 4 is 23.0 Å². The fourth-order valence-corrected chi connectivity index (χ4v) is 4.73. The maximum Gasteiger partial charge on any atom is 0.323 e. The van der Waals surface area contributed by atoms with Crippen LogP contribution in [0.2, 0.25) is 0 Å². The van der Waals surface area contributed by atoms with Crippen LogP contribution in [0.15, 0.2) is 73.3 Å². The Morgan fingerprint density at radius 3 is 2.30 bits per heavy atom. The molecule has 0 aliphatic carbocycles. The van der Waals surface area contributed by atoms with Crippen molar-refractivity contribution in [1.29, 1.82) is 0 Å². The van der Waals surface area contributed by atoms with E-state index >= 15 is 0 Å². The smallest absolute Gasteiger partial charge is 0.323 e. The molecule has 11 heteroatoms. The highest BCUT2D eigenvalue weighted by molar-refractivity contribution is 5.88. The summed E-state index contributed by atoms with van der Waals surface area (Å²) in [6.45, 7) is -0.185. The lowest BCUT2D eigenvalue weighted by atomic mass is 9.75. The number of methoxy groups -OCH3 is 1. The van der Waals surface area contributed by atoms with Crippen molar-refractivity contribution in [2.75, 3.05) is 26.1 Å². The number of imidazole rings is 1. The van der Waals surface area contributed by atoms with Gasteiger partial charge < -0.3 is 30.2 Å². The molecule has 0 bridgehead atoms. The molecule has 1 aliphatic rings. The number of aliphatic hydroxyl groups is 2. The van der Waals surface area contributed by atoms with E-state index in [2.05, 4.69) is 15.0 Å². The molecule has 5 rings (SSSR count). The van der Waals surface area contributed by atoms with Crippen LogP contribution in [0.3, 0.4) is 0 Å². The second kappa shape index (κ2) is 10.2. The highest BCUT2D eigenvalue weighted by Crippen LogP contribution is 2.36. The number of ether oxygens (including phenoxy) is 3. The molecule has 0 amide bonds. The number of esters is 1. The lowest BCUT2D eigenvalue weighted by Crippen LogP contribution is -2.44. The number of rotatable bonds is 8. The maximum absolute atomic E-state index is 13.3.